The molecule has 0 aliphatic rings. The molecule has 0 aliphatic carbocycles. The van der Waals surface area contributed by atoms with Crippen molar-refractivity contribution in [3.05, 3.63) is 59.4 Å². The van der Waals surface area contributed by atoms with Crippen molar-refractivity contribution in [3.63, 3.8) is 0 Å². The van der Waals surface area contributed by atoms with Gasteiger partial charge in [0.1, 0.15) is 11.6 Å². The van der Waals surface area contributed by atoms with Crippen LogP contribution in [0.2, 0.25) is 0 Å². The van der Waals surface area contributed by atoms with E-state index in [0.29, 0.717) is 12.2 Å². The second-order valence-electron chi connectivity index (χ2n) is 5.04. The number of nitrogens with one attached hydrogen (secondary N) is 1. The summed E-state index contributed by atoms with van der Waals surface area (Å²) in [7, 11) is -2.31. The Morgan fingerprint density at radius 2 is 1.88 bits per heavy atom. The van der Waals surface area contributed by atoms with Crippen molar-refractivity contribution in [2.24, 2.45) is 5.14 Å². The zero-order chi connectivity index (χ0) is 17.7. The van der Waals surface area contributed by atoms with Gasteiger partial charge in [-0.2, -0.15) is 0 Å². The molecule has 0 saturated heterocycles. The summed E-state index contributed by atoms with van der Waals surface area (Å²) in [5.74, 6) is -0.861. The topological polar surface area (TPSA) is 98.5 Å². The van der Waals surface area contributed by atoms with Gasteiger partial charge < -0.3 is 10.1 Å². The molecular weight excluding hydrogens is 335 g/mol. The first-order valence-electron chi connectivity index (χ1n) is 7.05. The Labute approximate surface area is 139 Å². The van der Waals surface area contributed by atoms with E-state index >= 15 is 0 Å². The minimum Gasteiger partial charge on any atom is -0.497 e. The monoisotopic (exact) mass is 352 g/mol. The standard InChI is InChI=1S/C16H17FN2O4S/c1-23-12-4-7-14(15(17)10-12)16(20)19-9-8-11-2-5-13(6-3-11)24(18,21)22/h2-7,10H,8-9H2,1H3,(H,19,20)(H2,18,21,22). The normalized spacial score (nSPS) is 11.1. The van der Waals surface area contributed by atoms with Crippen LogP contribution < -0.4 is 15.2 Å². The largest absolute Gasteiger partial charge is 0.497 e. The number of rotatable bonds is 6. The predicted molar refractivity (Wildman–Crippen MR) is 86.8 cm³/mol. The van der Waals surface area contributed by atoms with Crippen LogP contribution in [0.15, 0.2) is 47.4 Å². The molecule has 0 fully saturated rings. The van der Waals surface area contributed by atoms with Gasteiger partial charge in [-0.15, -0.1) is 0 Å². The summed E-state index contributed by atoms with van der Waals surface area (Å²) in [5.41, 5.74) is 0.748. The minimum atomic E-state index is -3.72. The van der Waals surface area contributed by atoms with Gasteiger partial charge in [-0.3, -0.25) is 4.79 Å². The smallest absolute Gasteiger partial charge is 0.254 e. The molecule has 0 radical (unpaired) electrons. The van der Waals surface area contributed by atoms with Crippen LogP contribution in [0.25, 0.3) is 0 Å². The molecule has 0 aliphatic heterocycles. The van der Waals surface area contributed by atoms with Gasteiger partial charge in [-0.1, -0.05) is 12.1 Å². The summed E-state index contributed by atoms with van der Waals surface area (Å²) in [6.07, 6.45) is 0.467. The average molecular weight is 352 g/mol. The van der Waals surface area contributed by atoms with Gasteiger partial charge >= 0.3 is 0 Å². The fourth-order valence-corrected chi connectivity index (χ4v) is 2.58. The highest BCUT2D eigenvalue weighted by Crippen LogP contribution is 2.16. The maximum atomic E-state index is 13.8. The molecule has 128 valence electrons. The van der Waals surface area contributed by atoms with Gasteiger partial charge in [0.2, 0.25) is 10.0 Å². The molecule has 0 heterocycles. The third-order valence-corrected chi connectivity index (χ3v) is 4.30. The second kappa shape index (κ2) is 7.41. The molecule has 0 atom stereocenters. The predicted octanol–water partition coefficient (Wildman–Crippen LogP) is 1.45. The van der Waals surface area contributed by atoms with Crippen LogP contribution in [0, 0.1) is 5.82 Å². The van der Waals surface area contributed by atoms with Crippen molar-refractivity contribution in [1.29, 1.82) is 0 Å². The van der Waals surface area contributed by atoms with Crippen molar-refractivity contribution in [2.75, 3.05) is 13.7 Å². The number of carbonyl (C=O) groups is 1. The van der Waals surface area contributed by atoms with Crippen LogP contribution in [-0.2, 0) is 16.4 Å². The van der Waals surface area contributed by atoms with Gasteiger partial charge in [-0.25, -0.2) is 17.9 Å². The molecular formula is C16H17FN2O4S. The molecule has 0 spiro atoms. The maximum absolute atomic E-state index is 13.8. The molecule has 0 bridgehead atoms. The number of methoxy groups -OCH3 is 1. The lowest BCUT2D eigenvalue weighted by Gasteiger charge is -2.08. The zero-order valence-corrected chi connectivity index (χ0v) is 13.8. The van der Waals surface area contributed by atoms with Gasteiger partial charge in [-0.05, 0) is 36.2 Å². The number of primary sulfonamides is 1. The van der Waals surface area contributed by atoms with E-state index in [-0.39, 0.29) is 17.0 Å². The molecule has 0 unspecified atom stereocenters. The lowest BCUT2D eigenvalue weighted by molar-refractivity contribution is 0.0950. The lowest BCUT2D eigenvalue weighted by Crippen LogP contribution is -2.26. The first kappa shape index (κ1) is 17.9. The van der Waals surface area contributed by atoms with Crippen LogP contribution in [0.4, 0.5) is 4.39 Å². The van der Waals surface area contributed by atoms with E-state index in [0.717, 1.165) is 11.6 Å². The van der Waals surface area contributed by atoms with Gasteiger partial charge in [0.15, 0.2) is 0 Å². The Balaban J connectivity index is 1.93. The maximum Gasteiger partial charge on any atom is 0.254 e. The van der Waals surface area contributed by atoms with Gasteiger partial charge in [0.25, 0.3) is 5.91 Å². The molecule has 2 aromatic carbocycles. The van der Waals surface area contributed by atoms with Crippen molar-refractivity contribution >= 4 is 15.9 Å². The number of nitrogens with two attached hydrogens (primary N) is 1. The number of hydrogen-bond acceptors (Lipinski definition) is 4. The number of amides is 1. The van der Waals surface area contributed by atoms with Crippen molar-refractivity contribution in [3.8, 4) is 5.75 Å². The molecule has 2 rings (SSSR count). The molecule has 6 nitrogen and oxygen atoms in total. The number of hydrogen-bond donors (Lipinski definition) is 2. The fraction of sp³-hybridized carbons (Fsp3) is 0.188. The minimum absolute atomic E-state index is 0.0237. The van der Waals surface area contributed by atoms with Crippen molar-refractivity contribution < 1.29 is 22.3 Å². The second-order valence-corrected chi connectivity index (χ2v) is 6.60. The molecule has 3 N–H and O–H groups in total. The first-order valence-corrected chi connectivity index (χ1v) is 8.59. The SMILES string of the molecule is COc1ccc(C(=O)NCCc2ccc(S(N)(=O)=O)cc2)c(F)c1. The van der Waals surface area contributed by atoms with E-state index < -0.39 is 21.7 Å². The van der Waals surface area contributed by atoms with E-state index in [1.165, 1.54) is 31.4 Å². The highest BCUT2D eigenvalue weighted by atomic mass is 32.2. The van der Waals surface area contributed by atoms with Gasteiger partial charge in [0.05, 0.1) is 17.6 Å². The Hall–Kier alpha value is -2.45. The number of halogens is 1. The Morgan fingerprint density at radius 3 is 2.42 bits per heavy atom. The molecule has 0 aromatic heterocycles. The fourth-order valence-electron chi connectivity index (χ4n) is 2.07. The molecule has 0 saturated carbocycles. The highest BCUT2D eigenvalue weighted by molar-refractivity contribution is 7.89. The molecule has 8 heteroatoms. The molecule has 1 amide bonds. The quantitative estimate of drug-likeness (QED) is 0.822. The van der Waals surface area contributed by atoms with E-state index in [9.17, 15) is 17.6 Å². The highest BCUT2D eigenvalue weighted by Gasteiger charge is 2.12. The molecule has 2 aromatic rings. The summed E-state index contributed by atoms with van der Waals surface area (Å²) in [6.45, 7) is 0.277. The summed E-state index contributed by atoms with van der Waals surface area (Å²) < 4.78 is 41.0. The number of sulfonamides is 1. The van der Waals surface area contributed by atoms with Crippen molar-refractivity contribution in [1.82, 2.24) is 5.32 Å². The van der Waals surface area contributed by atoms with Crippen molar-refractivity contribution in [2.45, 2.75) is 11.3 Å². The van der Waals surface area contributed by atoms with E-state index in [1.54, 1.807) is 12.1 Å². The first-order chi connectivity index (χ1) is 11.3. The molecule has 24 heavy (non-hydrogen) atoms. The summed E-state index contributed by atoms with van der Waals surface area (Å²) in [4.78, 5) is 12.0. The van der Waals surface area contributed by atoms with Crippen LogP contribution in [-0.4, -0.2) is 28.0 Å². The van der Waals surface area contributed by atoms with Crippen LogP contribution >= 0.6 is 0 Å². The van der Waals surface area contributed by atoms with Crippen LogP contribution in [0.1, 0.15) is 15.9 Å². The number of ether oxygens (including phenoxy) is 1. The van der Waals surface area contributed by atoms with E-state index in [4.69, 9.17) is 9.88 Å². The summed E-state index contributed by atoms with van der Waals surface area (Å²) in [5, 5.41) is 7.62. The third-order valence-electron chi connectivity index (χ3n) is 3.37. The zero-order valence-electron chi connectivity index (χ0n) is 13.0. The number of carbonyl (C=O) groups excluding carboxylic acids is 1. The number of benzene rings is 2. The van der Waals surface area contributed by atoms with Gasteiger partial charge in [0, 0.05) is 12.6 Å². The lowest BCUT2D eigenvalue weighted by atomic mass is 10.1. The van der Waals surface area contributed by atoms with Crippen LogP contribution in [0.3, 0.4) is 0 Å². The van der Waals surface area contributed by atoms with E-state index in [1.807, 2.05) is 0 Å². The third kappa shape index (κ3) is 4.53. The summed E-state index contributed by atoms with van der Waals surface area (Å²) >= 11 is 0. The van der Waals surface area contributed by atoms with E-state index in [2.05, 4.69) is 5.32 Å². The Kier molecular flexibility index (Phi) is 5.53. The summed E-state index contributed by atoms with van der Waals surface area (Å²) in [6, 6.07) is 10.0. The van der Waals surface area contributed by atoms with Crippen LogP contribution in [0.5, 0.6) is 5.75 Å². The average Bonchev–Trinajstić information content (AvgIpc) is 2.54. The Morgan fingerprint density at radius 1 is 1.21 bits per heavy atom. The Bertz CT molecular complexity index is 836.